The van der Waals surface area contributed by atoms with Gasteiger partial charge in [-0.1, -0.05) is 30.3 Å². The molecular formula is C20H30IN5O. The van der Waals surface area contributed by atoms with E-state index in [9.17, 15) is 0 Å². The summed E-state index contributed by atoms with van der Waals surface area (Å²) >= 11 is 0. The van der Waals surface area contributed by atoms with Crippen molar-refractivity contribution in [2.45, 2.75) is 26.4 Å². The number of imidazole rings is 1. The minimum absolute atomic E-state index is 0. The van der Waals surface area contributed by atoms with E-state index in [0.717, 1.165) is 51.1 Å². The van der Waals surface area contributed by atoms with E-state index in [1.165, 1.54) is 5.56 Å². The van der Waals surface area contributed by atoms with Gasteiger partial charge in [0, 0.05) is 51.6 Å². The lowest BCUT2D eigenvalue weighted by molar-refractivity contribution is 0.114. The smallest absolute Gasteiger partial charge is 0.194 e. The summed E-state index contributed by atoms with van der Waals surface area (Å²) in [6, 6.07) is 10.5. The van der Waals surface area contributed by atoms with Crippen LogP contribution in [0.4, 0.5) is 0 Å². The second-order valence-corrected chi connectivity index (χ2v) is 6.62. The molecule has 1 aromatic heterocycles. The Morgan fingerprint density at radius 1 is 1.33 bits per heavy atom. The molecule has 148 valence electrons. The van der Waals surface area contributed by atoms with Gasteiger partial charge in [0.05, 0.1) is 13.2 Å². The van der Waals surface area contributed by atoms with Gasteiger partial charge in [0.1, 0.15) is 5.82 Å². The Kier molecular flexibility index (Phi) is 9.06. The molecular weight excluding hydrogens is 453 g/mol. The lowest BCUT2D eigenvalue weighted by atomic mass is 10.1. The molecule has 1 fully saturated rings. The van der Waals surface area contributed by atoms with E-state index in [0.29, 0.717) is 12.5 Å². The summed E-state index contributed by atoms with van der Waals surface area (Å²) < 4.78 is 7.75. The van der Waals surface area contributed by atoms with Crippen molar-refractivity contribution in [3.8, 4) is 0 Å². The maximum absolute atomic E-state index is 5.57. The molecule has 1 unspecified atom stereocenters. The zero-order valence-corrected chi connectivity index (χ0v) is 18.5. The van der Waals surface area contributed by atoms with Crippen LogP contribution < -0.4 is 5.32 Å². The molecule has 0 amide bonds. The normalized spacial score (nSPS) is 17.0. The molecule has 1 atom stereocenters. The monoisotopic (exact) mass is 483 g/mol. The molecule has 1 aliphatic rings. The van der Waals surface area contributed by atoms with E-state index in [-0.39, 0.29) is 24.0 Å². The average molecular weight is 483 g/mol. The van der Waals surface area contributed by atoms with E-state index < -0.39 is 0 Å². The van der Waals surface area contributed by atoms with Crippen LogP contribution in [0, 0.1) is 5.92 Å². The van der Waals surface area contributed by atoms with Crippen LogP contribution in [0.15, 0.2) is 47.7 Å². The Hall–Kier alpha value is -1.61. The van der Waals surface area contributed by atoms with Crippen molar-refractivity contribution in [3.05, 3.63) is 54.1 Å². The third-order valence-electron chi connectivity index (χ3n) is 4.76. The van der Waals surface area contributed by atoms with Crippen LogP contribution in [0.25, 0.3) is 0 Å². The summed E-state index contributed by atoms with van der Waals surface area (Å²) in [6.45, 7) is 7.19. The maximum atomic E-state index is 5.57. The second-order valence-electron chi connectivity index (χ2n) is 6.62. The minimum Gasteiger partial charge on any atom is -0.381 e. The first-order chi connectivity index (χ1) is 12.8. The van der Waals surface area contributed by atoms with Gasteiger partial charge in [-0.15, -0.1) is 24.0 Å². The van der Waals surface area contributed by atoms with Crippen molar-refractivity contribution in [1.82, 2.24) is 19.8 Å². The molecule has 1 aromatic carbocycles. The molecule has 0 spiro atoms. The Labute approximate surface area is 179 Å². The SMILES string of the molecule is CCOCC1CCN(C(=NC)NCc2nccn2Cc2ccccc2)C1.I. The maximum Gasteiger partial charge on any atom is 0.194 e. The third-order valence-corrected chi connectivity index (χ3v) is 4.76. The predicted molar refractivity (Wildman–Crippen MR) is 120 cm³/mol. The molecule has 1 aliphatic heterocycles. The highest BCUT2D eigenvalue weighted by molar-refractivity contribution is 14.0. The summed E-state index contributed by atoms with van der Waals surface area (Å²) in [5.41, 5.74) is 1.27. The number of aliphatic imine (C=N–C) groups is 1. The summed E-state index contributed by atoms with van der Waals surface area (Å²) in [7, 11) is 1.84. The molecule has 7 heteroatoms. The van der Waals surface area contributed by atoms with Gasteiger partial charge in [0.25, 0.3) is 0 Å². The molecule has 0 saturated carbocycles. The van der Waals surface area contributed by atoms with E-state index >= 15 is 0 Å². The minimum atomic E-state index is 0. The highest BCUT2D eigenvalue weighted by Gasteiger charge is 2.24. The number of hydrogen-bond acceptors (Lipinski definition) is 3. The van der Waals surface area contributed by atoms with Crippen LogP contribution in [0.1, 0.15) is 24.7 Å². The number of likely N-dealkylation sites (tertiary alicyclic amines) is 1. The Balaban J connectivity index is 0.00000261. The molecule has 2 aromatic rings. The van der Waals surface area contributed by atoms with Gasteiger partial charge in [0.15, 0.2) is 5.96 Å². The van der Waals surface area contributed by atoms with Crippen LogP contribution >= 0.6 is 24.0 Å². The van der Waals surface area contributed by atoms with Crippen molar-refractivity contribution < 1.29 is 4.74 Å². The van der Waals surface area contributed by atoms with Crippen LogP contribution in [-0.4, -0.2) is 53.8 Å². The summed E-state index contributed by atoms with van der Waals surface area (Å²) in [5.74, 6) is 2.55. The van der Waals surface area contributed by atoms with E-state index in [4.69, 9.17) is 4.74 Å². The average Bonchev–Trinajstić information content (AvgIpc) is 3.31. The first-order valence-electron chi connectivity index (χ1n) is 9.37. The summed E-state index contributed by atoms with van der Waals surface area (Å²) in [6.07, 6.45) is 5.04. The number of nitrogens with one attached hydrogen (secondary N) is 1. The fourth-order valence-electron chi connectivity index (χ4n) is 3.37. The van der Waals surface area contributed by atoms with Gasteiger partial charge in [-0.25, -0.2) is 4.98 Å². The lowest BCUT2D eigenvalue weighted by Crippen LogP contribution is -2.40. The van der Waals surface area contributed by atoms with Gasteiger partial charge in [-0.2, -0.15) is 0 Å². The zero-order valence-electron chi connectivity index (χ0n) is 16.2. The van der Waals surface area contributed by atoms with E-state index in [1.54, 1.807) is 0 Å². The first kappa shape index (κ1) is 21.7. The topological polar surface area (TPSA) is 54.7 Å². The first-order valence-corrected chi connectivity index (χ1v) is 9.37. The highest BCUT2D eigenvalue weighted by Crippen LogP contribution is 2.16. The molecule has 1 saturated heterocycles. The fourth-order valence-corrected chi connectivity index (χ4v) is 3.37. The number of ether oxygens (including phenoxy) is 1. The number of benzene rings is 1. The fraction of sp³-hybridized carbons (Fsp3) is 0.500. The third kappa shape index (κ3) is 6.21. The van der Waals surface area contributed by atoms with Crippen LogP contribution in [0.2, 0.25) is 0 Å². The van der Waals surface area contributed by atoms with Crippen LogP contribution in [0.5, 0.6) is 0 Å². The molecule has 0 aliphatic carbocycles. The van der Waals surface area contributed by atoms with E-state index in [1.807, 2.05) is 32.4 Å². The van der Waals surface area contributed by atoms with E-state index in [2.05, 4.69) is 49.0 Å². The number of hydrogen-bond donors (Lipinski definition) is 1. The summed E-state index contributed by atoms with van der Waals surface area (Å²) in [4.78, 5) is 11.3. The lowest BCUT2D eigenvalue weighted by Gasteiger charge is -2.22. The molecule has 2 heterocycles. The van der Waals surface area contributed by atoms with Gasteiger partial charge < -0.3 is 19.5 Å². The molecule has 0 bridgehead atoms. The van der Waals surface area contributed by atoms with Crippen molar-refractivity contribution in [2.24, 2.45) is 10.9 Å². The van der Waals surface area contributed by atoms with Crippen LogP contribution in [0.3, 0.4) is 0 Å². The van der Waals surface area contributed by atoms with Gasteiger partial charge >= 0.3 is 0 Å². The Morgan fingerprint density at radius 2 is 2.15 bits per heavy atom. The zero-order chi connectivity index (χ0) is 18.2. The van der Waals surface area contributed by atoms with Crippen molar-refractivity contribution in [3.63, 3.8) is 0 Å². The number of aromatic nitrogens is 2. The standard InChI is InChI=1S/C20H29N5O.HI/c1-3-26-16-18-9-11-25(15-18)20(21-2)23-13-19-22-10-12-24(19)14-17-7-5-4-6-8-17;/h4-8,10,12,18H,3,9,11,13-16H2,1-2H3,(H,21,23);1H. The molecule has 3 rings (SSSR count). The van der Waals surface area contributed by atoms with Gasteiger partial charge in [0.2, 0.25) is 0 Å². The number of halogens is 1. The Bertz CT molecular complexity index is 703. The molecule has 27 heavy (non-hydrogen) atoms. The summed E-state index contributed by atoms with van der Waals surface area (Å²) in [5, 5.41) is 3.47. The van der Waals surface area contributed by atoms with Crippen molar-refractivity contribution >= 4 is 29.9 Å². The predicted octanol–water partition coefficient (Wildman–Crippen LogP) is 2.98. The van der Waals surface area contributed by atoms with Crippen LogP contribution in [-0.2, 0) is 17.8 Å². The number of nitrogens with zero attached hydrogens (tertiary/aromatic N) is 4. The highest BCUT2D eigenvalue weighted by atomic mass is 127. The molecule has 1 N–H and O–H groups in total. The van der Waals surface area contributed by atoms with Gasteiger partial charge in [-0.3, -0.25) is 4.99 Å². The number of guanidine groups is 1. The largest absolute Gasteiger partial charge is 0.381 e. The molecule has 6 nitrogen and oxygen atoms in total. The second kappa shape index (κ2) is 11.3. The van der Waals surface area contributed by atoms with Crippen molar-refractivity contribution in [1.29, 1.82) is 0 Å². The molecule has 0 radical (unpaired) electrons. The van der Waals surface area contributed by atoms with Gasteiger partial charge in [-0.05, 0) is 18.9 Å². The van der Waals surface area contributed by atoms with Crippen molar-refractivity contribution in [2.75, 3.05) is 33.4 Å². The Morgan fingerprint density at radius 3 is 2.89 bits per heavy atom. The quantitative estimate of drug-likeness (QED) is 0.374. The number of rotatable bonds is 7.